The summed E-state index contributed by atoms with van der Waals surface area (Å²) in [5, 5.41) is 0. The van der Waals surface area contributed by atoms with Crippen molar-refractivity contribution in [3.8, 4) is 0 Å². The zero-order valence-electron chi connectivity index (χ0n) is 7.26. The van der Waals surface area contributed by atoms with E-state index in [1.54, 1.807) is 13.0 Å². The van der Waals surface area contributed by atoms with Crippen LogP contribution in [0.25, 0.3) is 0 Å². The number of halogens is 2. The van der Waals surface area contributed by atoms with Crippen LogP contribution in [0.3, 0.4) is 0 Å². The molecule has 0 heterocycles. The third-order valence-electron chi connectivity index (χ3n) is 1.79. The van der Waals surface area contributed by atoms with Crippen molar-refractivity contribution < 1.29 is 9.18 Å². The normalized spacial score (nSPS) is 12.5. The fraction of sp³-hybridized carbons (Fsp3) is 0.300. The van der Waals surface area contributed by atoms with Crippen LogP contribution in [0.4, 0.5) is 4.39 Å². The van der Waals surface area contributed by atoms with Crippen LogP contribution in [0.1, 0.15) is 17.3 Å². The Bertz CT molecular complexity index is 312. The van der Waals surface area contributed by atoms with E-state index in [0.29, 0.717) is 5.56 Å². The van der Waals surface area contributed by atoms with Gasteiger partial charge in [0, 0.05) is 17.4 Å². The standard InChI is InChI=1S/C10H10ClFO/c1-7(6-11)10(13)8-3-2-4-9(12)5-8/h2-5,7H,6H2,1H3. The Morgan fingerprint density at radius 3 is 2.85 bits per heavy atom. The van der Waals surface area contributed by atoms with Gasteiger partial charge >= 0.3 is 0 Å². The van der Waals surface area contributed by atoms with Gasteiger partial charge in [-0.15, -0.1) is 11.6 Å². The molecule has 0 spiro atoms. The number of rotatable bonds is 3. The van der Waals surface area contributed by atoms with Gasteiger partial charge in [0.2, 0.25) is 0 Å². The molecular formula is C10H10ClFO. The van der Waals surface area contributed by atoms with Crippen LogP contribution in [0.5, 0.6) is 0 Å². The van der Waals surface area contributed by atoms with E-state index in [2.05, 4.69) is 0 Å². The van der Waals surface area contributed by atoms with Crippen LogP contribution >= 0.6 is 11.6 Å². The van der Waals surface area contributed by atoms with E-state index in [1.165, 1.54) is 18.2 Å². The highest BCUT2D eigenvalue weighted by Gasteiger charge is 2.13. The van der Waals surface area contributed by atoms with Crippen LogP contribution in [-0.4, -0.2) is 11.7 Å². The summed E-state index contributed by atoms with van der Waals surface area (Å²) in [6.45, 7) is 1.72. The summed E-state index contributed by atoms with van der Waals surface area (Å²) in [6, 6.07) is 5.64. The van der Waals surface area contributed by atoms with Crippen molar-refractivity contribution in [2.75, 3.05) is 5.88 Å². The number of hydrogen-bond acceptors (Lipinski definition) is 1. The fourth-order valence-corrected chi connectivity index (χ4v) is 1.14. The molecule has 3 heteroatoms. The van der Waals surface area contributed by atoms with Crippen LogP contribution < -0.4 is 0 Å². The first kappa shape index (κ1) is 10.2. The zero-order valence-corrected chi connectivity index (χ0v) is 8.01. The second-order valence-corrected chi connectivity index (χ2v) is 3.24. The van der Waals surface area contributed by atoms with E-state index in [-0.39, 0.29) is 17.6 Å². The average molecular weight is 201 g/mol. The van der Waals surface area contributed by atoms with Crippen molar-refractivity contribution in [3.63, 3.8) is 0 Å². The molecular weight excluding hydrogens is 191 g/mol. The van der Waals surface area contributed by atoms with Gasteiger partial charge in [-0.2, -0.15) is 0 Å². The largest absolute Gasteiger partial charge is 0.294 e. The van der Waals surface area contributed by atoms with E-state index in [1.807, 2.05) is 0 Å². The van der Waals surface area contributed by atoms with Crippen molar-refractivity contribution >= 4 is 17.4 Å². The highest BCUT2D eigenvalue weighted by molar-refractivity contribution is 6.20. The fourth-order valence-electron chi connectivity index (χ4n) is 0.996. The van der Waals surface area contributed by atoms with Gasteiger partial charge < -0.3 is 0 Å². The summed E-state index contributed by atoms with van der Waals surface area (Å²) in [4.78, 5) is 11.5. The number of carbonyl (C=O) groups is 1. The molecule has 1 aromatic carbocycles. The van der Waals surface area contributed by atoms with Crippen molar-refractivity contribution in [2.24, 2.45) is 5.92 Å². The Hall–Kier alpha value is -0.890. The number of ketones is 1. The monoisotopic (exact) mass is 200 g/mol. The SMILES string of the molecule is CC(CCl)C(=O)c1cccc(F)c1. The summed E-state index contributed by atoms with van der Waals surface area (Å²) >= 11 is 5.52. The molecule has 0 aliphatic rings. The maximum atomic E-state index is 12.7. The molecule has 13 heavy (non-hydrogen) atoms. The quantitative estimate of drug-likeness (QED) is 0.542. The molecule has 0 bridgehead atoms. The number of hydrogen-bond donors (Lipinski definition) is 0. The Morgan fingerprint density at radius 1 is 1.62 bits per heavy atom. The van der Waals surface area contributed by atoms with E-state index < -0.39 is 5.82 Å². The highest BCUT2D eigenvalue weighted by atomic mass is 35.5. The van der Waals surface area contributed by atoms with Gasteiger partial charge in [0.25, 0.3) is 0 Å². The molecule has 0 saturated carbocycles. The minimum absolute atomic E-state index is 0.116. The molecule has 0 radical (unpaired) electrons. The van der Waals surface area contributed by atoms with Gasteiger partial charge in [0.15, 0.2) is 5.78 Å². The van der Waals surface area contributed by atoms with Crippen molar-refractivity contribution in [1.82, 2.24) is 0 Å². The van der Waals surface area contributed by atoms with Crippen LogP contribution in [0.15, 0.2) is 24.3 Å². The lowest BCUT2D eigenvalue weighted by atomic mass is 10.0. The van der Waals surface area contributed by atoms with Gasteiger partial charge in [-0.1, -0.05) is 19.1 Å². The second kappa shape index (κ2) is 4.38. The molecule has 1 nitrogen and oxygen atoms in total. The summed E-state index contributed by atoms with van der Waals surface area (Å²) < 4.78 is 12.7. The van der Waals surface area contributed by atoms with Gasteiger partial charge in [0.1, 0.15) is 5.82 Å². The first-order valence-corrected chi connectivity index (χ1v) is 4.54. The first-order valence-electron chi connectivity index (χ1n) is 4.01. The Balaban J connectivity index is 2.89. The Kier molecular flexibility index (Phi) is 3.43. The second-order valence-electron chi connectivity index (χ2n) is 2.93. The summed E-state index contributed by atoms with van der Waals surface area (Å²) in [5.74, 6) is -0.513. The van der Waals surface area contributed by atoms with Crippen LogP contribution in [0.2, 0.25) is 0 Å². The molecule has 0 saturated heterocycles. The molecule has 0 aliphatic heterocycles. The topological polar surface area (TPSA) is 17.1 Å². The molecule has 0 N–H and O–H groups in total. The van der Waals surface area contributed by atoms with E-state index in [4.69, 9.17) is 11.6 Å². The van der Waals surface area contributed by atoms with Gasteiger partial charge in [-0.25, -0.2) is 4.39 Å². The van der Waals surface area contributed by atoms with Gasteiger partial charge in [-0.3, -0.25) is 4.79 Å². The molecule has 1 atom stereocenters. The first-order chi connectivity index (χ1) is 6.15. The van der Waals surface area contributed by atoms with Crippen LogP contribution in [-0.2, 0) is 0 Å². The number of Topliss-reactive ketones (excluding diaryl/α,β-unsaturated/α-hetero) is 1. The Labute approximate surface area is 81.5 Å². The smallest absolute Gasteiger partial charge is 0.166 e. The van der Waals surface area contributed by atoms with Gasteiger partial charge in [0.05, 0.1) is 0 Å². The molecule has 0 aromatic heterocycles. The van der Waals surface area contributed by atoms with Gasteiger partial charge in [-0.05, 0) is 12.1 Å². The summed E-state index contributed by atoms with van der Waals surface area (Å²) in [5.41, 5.74) is 0.383. The molecule has 1 rings (SSSR count). The maximum Gasteiger partial charge on any atom is 0.166 e. The lowest BCUT2D eigenvalue weighted by molar-refractivity contribution is 0.0941. The van der Waals surface area contributed by atoms with Crippen LogP contribution in [0, 0.1) is 11.7 Å². The number of benzene rings is 1. The lowest BCUT2D eigenvalue weighted by Gasteiger charge is -2.05. The summed E-state index contributed by atoms with van der Waals surface area (Å²) in [6.07, 6.45) is 0. The Morgan fingerprint density at radius 2 is 2.31 bits per heavy atom. The summed E-state index contributed by atoms with van der Waals surface area (Å²) in [7, 11) is 0. The predicted octanol–water partition coefficient (Wildman–Crippen LogP) is 2.88. The van der Waals surface area contributed by atoms with E-state index in [9.17, 15) is 9.18 Å². The van der Waals surface area contributed by atoms with Crippen molar-refractivity contribution in [2.45, 2.75) is 6.92 Å². The molecule has 0 aliphatic carbocycles. The molecule has 1 unspecified atom stereocenters. The van der Waals surface area contributed by atoms with Crippen molar-refractivity contribution in [3.05, 3.63) is 35.6 Å². The minimum Gasteiger partial charge on any atom is -0.294 e. The third-order valence-corrected chi connectivity index (χ3v) is 2.25. The average Bonchev–Trinajstić information content (AvgIpc) is 2.15. The third kappa shape index (κ3) is 2.52. The van der Waals surface area contributed by atoms with E-state index in [0.717, 1.165) is 0 Å². The zero-order chi connectivity index (χ0) is 9.84. The highest BCUT2D eigenvalue weighted by Crippen LogP contribution is 2.11. The maximum absolute atomic E-state index is 12.7. The minimum atomic E-state index is -0.396. The molecule has 70 valence electrons. The number of alkyl halides is 1. The molecule has 0 amide bonds. The lowest BCUT2D eigenvalue weighted by Crippen LogP contribution is -2.12. The predicted molar refractivity (Wildman–Crippen MR) is 50.6 cm³/mol. The number of carbonyl (C=O) groups excluding carboxylic acids is 1. The molecule has 1 aromatic rings. The van der Waals surface area contributed by atoms with Crippen molar-refractivity contribution in [1.29, 1.82) is 0 Å². The van der Waals surface area contributed by atoms with E-state index >= 15 is 0 Å². The molecule has 0 fully saturated rings.